The second kappa shape index (κ2) is 9.02. The van der Waals surface area contributed by atoms with Gasteiger partial charge in [-0.3, -0.25) is 4.79 Å². The highest BCUT2D eigenvalue weighted by Gasteiger charge is 2.26. The Hall–Kier alpha value is -1.97. The highest BCUT2D eigenvalue weighted by molar-refractivity contribution is 7.89. The number of morpholine rings is 1. The third kappa shape index (κ3) is 4.89. The largest absolute Gasteiger partial charge is 0.379 e. The maximum absolute atomic E-state index is 12.7. The molecule has 3 rings (SSSR count). The molecule has 1 aliphatic rings. The van der Waals surface area contributed by atoms with Crippen LogP contribution in [0.25, 0.3) is 0 Å². The Balaban J connectivity index is 1.71. The number of sulfonamides is 1. The Labute approximate surface area is 172 Å². The highest BCUT2D eigenvalue weighted by atomic mass is 35.5. The van der Waals surface area contributed by atoms with Crippen molar-refractivity contribution in [3.8, 4) is 0 Å². The molecule has 1 aliphatic heterocycles. The van der Waals surface area contributed by atoms with Crippen LogP contribution in [0.1, 0.15) is 15.9 Å². The standard InChI is InChI=1S/C18H17Cl2N3O4S/c19-16-5-4-13(10-17(16)20)12-21-22-18(24)14-2-1-3-15(11-14)28(25,26)23-6-8-27-9-7-23/h1-5,10-12H,6-9H2,(H,22,24)/b21-12+. The minimum atomic E-state index is -3.68. The molecule has 0 spiro atoms. The van der Waals surface area contributed by atoms with Gasteiger partial charge in [0.05, 0.1) is 34.4 Å². The van der Waals surface area contributed by atoms with Gasteiger partial charge < -0.3 is 4.74 Å². The summed E-state index contributed by atoms with van der Waals surface area (Å²) in [5, 5.41) is 4.66. The number of halogens is 2. The normalized spacial score (nSPS) is 15.6. The van der Waals surface area contributed by atoms with Crippen LogP contribution in [0.3, 0.4) is 0 Å². The quantitative estimate of drug-likeness (QED) is 0.570. The number of benzene rings is 2. The Morgan fingerprint density at radius 1 is 1.11 bits per heavy atom. The summed E-state index contributed by atoms with van der Waals surface area (Å²) in [7, 11) is -3.68. The van der Waals surface area contributed by atoms with Crippen LogP contribution in [0.15, 0.2) is 52.5 Å². The van der Waals surface area contributed by atoms with Crippen molar-refractivity contribution in [2.45, 2.75) is 4.90 Å². The van der Waals surface area contributed by atoms with Crippen LogP contribution < -0.4 is 5.43 Å². The van der Waals surface area contributed by atoms with Crippen LogP contribution in [-0.4, -0.2) is 51.1 Å². The van der Waals surface area contributed by atoms with Crippen LogP contribution in [-0.2, 0) is 14.8 Å². The van der Waals surface area contributed by atoms with Crippen LogP contribution >= 0.6 is 23.2 Å². The molecular formula is C18H17Cl2N3O4S. The van der Waals surface area contributed by atoms with Crippen molar-refractivity contribution in [2.75, 3.05) is 26.3 Å². The number of nitrogens with zero attached hydrogens (tertiary/aromatic N) is 2. The Morgan fingerprint density at radius 2 is 1.86 bits per heavy atom. The summed E-state index contributed by atoms with van der Waals surface area (Å²) in [6, 6.07) is 10.7. The third-order valence-corrected chi connectivity index (χ3v) is 6.66. The topological polar surface area (TPSA) is 88.1 Å². The number of ether oxygens (including phenoxy) is 1. The van der Waals surface area contributed by atoms with Crippen molar-refractivity contribution in [1.82, 2.24) is 9.73 Å². The number of hydrazone groups is 1. The number of hydrogen-bond acceptors (Lipinski definition) is 5. The maximum Gasteiger partial charge on any atom is 0.271 e. The molecule has 28 heavy (non-hydrogen) atoms. The van der Waals surface area contributed by atoms with Gasteiger partial charge in [-0.2, -0.15) is 9.41 Å². The van der Waals surface area contributed by atoms with Crippen molar-refractivity contribution in [3.63, 3.8) is 0 Å². The van der Waals surface area contributed by atoms with Gasteiger partial charge in [0.25, 0.3) is 5.91 Å². The monoisotopic (exact) mass is 441 g/mol. The molecule has 0 atom stereocenters. The molecule has 148 valence electrons. The fourth-order valence-corrected chi connectivity index (χ4v) is 4.32. The van der Waals surface area contributed by atoms with Gasteiger partial charge in [0.1, 0.15) is 0 Å². The minimum Gasteiger partial charge on any atom is -0.379 e. The van der Waals surface area contributed by atoms with Crippen molar-refractivity contribution < 1.29 is 17.9 Å². The van der Waals surface area contributed by atoms with E-state index in [1.165, 1.54) is 34.8 Å². The molecule has 2 aromatic rings. The van der Waals surface area contributed by atoms with E-state index in [4.69, 9.17) is 27.9 Å². The number of nitrogens with one attached hydrogen (secondary N) is 1. The molecule has 1 heterocycles. The van der Waals surface area contributed by atoms with Crippen LogP contribution in [0.2, 0.25) is 10.0 Å². The van der Waals surface area contributed by atoms with Gasteiger partial charge in [-0.25, -0.2) is 13.8 Å². The van der Waals surface area contributed by atoms with Crippen molar-refractivity contribution >= 4 is 45.3 Å². The lowest BCUT2D eigenvalue weighted by atomic mass is 10.2. The van der Waals surface area contributed by atoms with E-state index in [0.29, 0.717) is 28.8 Å². The molecule has 1 N–H and O–H groups in total. The molecule has 0 aliphatic carbocycles. The lowest BCUT2D eigenvalue weighted by Crippen LogP contribution is -2.40. The van der Waals surface area contributed by atoms with Gasteiger partial charge in [0.2, 0.25) is 10.0 Å². The molecule has 0 unspecified atom stereocenters. The lowest BCUT2D eigenvalue weighted by Gasteiger charge is -2.26. The van der Waals surface area contributed by atoms with E-state index in [0.717, 1.165) is 0 Å². The zero-order chi connectivity index (χ0) is 20.1. The molecule has 7 nitrogen and oxygen atoms in total. The molecule has 1 fully saturated rings. The molecule has 0 aromatic heterocycles. The smallest absolute Gasteiger partial charge is 0.271 e. The molecular weight excluding hydrogens is 425 g/mol. The number of amides is 1. The van der Waals surface area contributed by atoms with E-state index in [2.05, 4.69) is 10.5 Å². The summed E-state index contributed by atoms with van der Waals surface area (Å²) in [4.78, 5) is 12.4. The molecule has 1 saturated heterocycles. The van der Waals surface area contributed by atoms with E-state index < -0.39 is 15.9 Å². The predicted octanol–water partition coefficient (Wildman–Crippen LogP) is 2.78. The molecule has 2 aromatic carbocycles. The Kier molecular flexibility index (Phi) is 6.69. The van der Waals surface area contributed by atoms with E-state index >= 15 is 0 Å². The van der Waals surface area contributed by atoms with E-state index in [1.54, 1.807) is 18.2 Å². The SMILES string of the molecule is O=C(N/N=C/c1ccc(Cl)c(Cl)c1)c1cccc(S(=O)(=O)N2CCOCC2)c1. The Morgan fingerprint density at radius 3 is 2.57 bits per heavy atom. The summed E-state index contributed by atoms with van der Waals surface area (Å²) >= 11 is 11.8. The first-order chi connectivity index (χ1) is 13.4. The zero-order valence-corrected chi connectivity index (χ0v) is 17.0. The van der Waals surface area contributed by atoms with Gasteiger partial charge >= 0.3 is 0 Å². The minimum absolute atomic E-state index is 0.0514. The average Bonchev–Trinajstić information content (AvgIpc) is 2.71. The first-order valence-corrected chi connectivity index (χ1v) is 10.5. The van der Waals surface area contributed by atoms with Crippen LogP contribution in [0.4, 0.5) is 0 Å². The van der Waals surface area contributed by atoms with Crippen molar-refractivity contribution in [3.05, 3.63) is 63.6 Å². The molecule has 10 heteroatoms. The number of rotatable bonds is 5. The van der Waals surface area contributed by atoms with E-state index in [-0.39, 0.29) is 23.5 Å². The molecule has 0 saturated carbocycles. The van der Waals surface area contributed by atoms with E-state index in [1.807, 2.05) is 0 Å². The highest BCUT2D eigenvalue weighted by Crippen LogP contribution is 2.22. The van der Waals surface area contributed by atoms with Crippen molar-refractivity contribution in [2.24, 2.45) is 5.10 Å². The summed E-state index contributed by atoms with van der Waals surface area (Å²) in [5.41, 5.74) is 3.20. The maximum atomic E-state index is 12.7. The van der Waals surface area contributed by atoms with Gasteiger partial charge in [-0.15, -0.1) is 0 Å². The Bertz CT molecular complexity index is 1010. The predicted molar refractivity (Wildman–Crippen MR) is 108 cm³/mol. The lowest BCUT2D eigenvalue weighted by molar-refractivity contribution is 0.0730. The first-order valence-electron chi connectivity index (χ1n) is 8.34. The fourth-order valence-electron chi connectivity index (χ4n) is 2.56. The molecule has 0 bridgehead atoms. The summed E-state index contributed by atoms with van der Waals surface area (Å²) in [5.74, 6) is -0.532. The fraction of sp³-hybridized carbons (Fsp3) is 0.222. The molecule has 0 radical (unpaired) electrons. The summed E-state index contributed by atoms with van der Waals surface area (Å²) in [6.07, 6.45) is 1.41. The number of carbonyl (C=O) groups excluding carboxylic acids is 1. The number of hydrogen-bond donors (Lipinski definition) is 1. The van der Waals surface area contributed by atoms with Gasteiger partial charge in [-0.1, -0.05) is 35.3 Å². The molecule has 1 amide bonds. The van der Waals surface area contributed by atoms with Gasteiger partial charge in [0, 0.05) is 18.7 Å². The van der Waals surface area contributed by atoms with E-state index in [9.17, 15) is 13.2 Å². The van der Waals surface area contributed by atoms with Gasteiger partial charge in [0.15, 0.2) is 0 Å². The van der Waals surface area contributed by atoms with Crippen LogP contribution in [0.5, 0.6) is 0 Å². The summed E-state index contributed by atoms with van der Waals surface area (Å²) in [6.45, 7) is 1.27. The average molecular weight is 442 g/mol. The third-order valence-electron chi connectivity index (χ3n) is 4.03. The second-order valence-electron chi connectivity index (χ2n) is 5.92. The zero-order valence-electron chi connectivity index (χ0n) is 14.6. The summed E-state index contributed by atoms with van der Waals surface area (Å²) < 4.78 is 31.9. The van der Waals surface area contributed by atoms with Crippen molar-refractivity contribution in [1.29, 1.82) is 0 Å². The first kappa shape index (κ1) is 20.8. The van der Waals surface area contributed by atoms with Gasteiger partial charge in [-0.05, 0) is 35.9 Å². The number of carbonyl (C=O) groups is 1. The van der Waals surface area contributed by atoms with Crippen LogP contribution in [0, 0.1) is 0 Å². The second-order valence-corrected chi connectivity index (χ2v) is 8.67.